The van der Waals surface area contributed by atoms with Crippen molar-refractivity contribution in [2.24, 2.45) is 23.7 Å². The third-order valence-electron chi connectivity index (χ3n) is 11.3. The maximum atomic E-state index is 5.85. The summed E-state index contributed by atoms with van der Waals surface area (Å²) in [6.45, 7) is 20.7. The fraction of sp³-hybridized carbons (Fsp3) is 1.00. The zero-order valence-electron chi connectivity index (χ0n) is 40.6. The molecule has 0 aliphatic carbocycles. The average Bonchev–Trinajstić information content (AvgIpc) is 3.19. The van der Waals surface area contributed by atoms with Crippen molar-refractivity contribution in [1.82, 2.24) is 0 Å². The molecule has 0 saturated carbocycles. The molecular weight excluding hydrogens is 896 g/mol. The van der Waals surface area contributed by atoms with Gasteiger partial charge < -0.3 is 42.6 Å². The molecule has 0 amide bonds. The molecule has 0 bridgehead atoms. The Hall–Kier alpha value is 2.46. The second-order valence-corrected chi connectivity index (χ2v) is 28.1. The Balaban J connectivity index is -0.00000105. The third kappa shape index (κ3) is 53.0. The summed E-state index contributed by atoms with van der Waals surface area (Å²) in [5.74, 6) is 2.07. The summed E-state index contributed by atoms with van der Waals surface area (Å²) in [4.78, 5) is 0. The van der Waals surface area contributed by atoms with Crippen LogP contribution < -0.4 is 0 Å². The van der Waals surface area contributed by atoms with E-state index in [-0.39, 0.29) is 19.5 Å². The van der Waals surface area contributed by atoms with Crippen molar-refractivity contribution in [2.75, 3.05) is 26.4 Å². The van der Waals surface area contributed by atoms with Crippen LogP contribution in [0.25, 0.3) is 0 Å². The van der Waals surface area contributed by atoms with E-state index in [1.54, 1.807) is 0 Å². The van der Waals surface area contributed by atoms with E-state index >= 15 is 0 Å². The van der Waals surface area contributed by atoms with Gasteiger partial charge in [0.25, 0.3) is 0 Å². The molecule has 0 aliphatic heterocycles. The van der Waals surface area contributed by atoms with E-state index in [1.807, 2.05) is 0 Å². The molecule has 0 aromatic heterocycles. The van der Waals surface area contributed by atoms with E-state index in [9.17, 15) is 0 Å². The monoisotopic (exact) mass is 995 g/mol. The fourth-order valence-electron chi connectivity index (χ4n) is 7.08. The van der Waals surface area contributed by atoms with Gasteiger partial charge >= 0.3 is 19.5 Å². The molecule has 11 heteroatoms. The van der Waals surface area contributed by atoms with E-state index in [4.69, 9.17) is 66.2 Å². The minimum Gasteiger partial charge on any atom is -0.691 e. The molecule has 4 unspecified atom stereocenters. The molecule has 0 radical (unpaired) electrons. The Labute approximate surface area is 405 Å². The minimum absolute atomic E-state index is 0. The number of rotatable bonds is 44. The van der Waals surface area contributed by atoms with Crippen molar-refractivity contribution < 1.29 is 37.6 Å². The number of unbranched alkanes of at least 4 members (excludes halogenated alkanes) is 24. The van der Waals surface area contributed by atoms with Gasteiger partial charge in [0.05, 0.1) is 37.8 Å². The summed E-state index contributed by atoms with van der Waals surface area (Å²) in [5.41, 5.74) is -5.00. The summed E-state index contributed by atoms with van der Waals surface area (Å²) in [5, 5.41) is 0. The summed E-state index contributed by atoms with van der Waals surface area (Å²) >= 11 is 21.8. The Kier molecular flexibility index (Phi) is 53.9. The van der Waals surface area contributed by atoms with Gasteiger partial charge in [-0.3, -0.25) is 0 Å². The molecule has 0 aliphatic rings. The SMILES string of the molecule is CCCCCCCCCC(C)COP(=S)([S-])OCC(C)CCCCCCCCC.CCCCCCCCCC(C)COP(=S)([S-])OCC(C)CCCCCCCCC.[Zn+2]. The normalized spacial score (nSPS) is 15.6. The fourth-order valence-corrected chi connectivity index (χ4v) is 10.4. The van der Waals surface area contributed by atoms with E-state index in [2.05, 4.69) is 55.4 Å². The van der Waals surface area contributed by atoms with Gasteiger partial charge in [0.15, 0.2) is 0 Å². The van der Waals surface area contributed by atoms with E-state index in [1.165, 1.54) is 205 Å². The maximum absolute atomic E-state index is 5.85. The summed E-state index contributed by atoms with van der Waals surface area (Å²) in [7, 11) is 0. The Morgan fingerprint density at radius 3 is 0.644 bits per heavy atom. The van der Waals surface area contributed by atoms with Gasteiger partial charge in [-0.05, 0) is 49.4 Å². The molecule has 4 atom stereocenters. The van der Waals surface area contributed by atoms with Crippen molar-refractivity contribution in [3.63, 3.8) is 0 Å². The Morgan fingerprint density at radius 2 is 0.475 bits per heavy atom. The first-order valence-corrected chi connectivity index (χ1v) is 32.3. The van der Waals surface area contributed by atoms with Crippen LogP contribution in [-0.4, -0.2) is 26.4 Å². The van der Waals surface area contributed by atoms with E-state index in [0.29, 0.717) is 50.1 Å². The van der Waals surface area contributed by atoms with Crippen LogP contribution in [0.15, 0.2) is 0 Å². The summed E-state index contributed by atoms with van der Waals surface area (Å²) < 4.78 is 23.4. The molecular formula is C48H100O4P2S4Zn. The molecule has 0 aromatic carbocycles. The third-order valence-corrected chi connectivity index (χ3v) is 15.7. The predicted molar refractivity (Wildman–Crippen MR) is 274 cm³/mol. The largest absolute Gasteiger partial charge is 2.00 e. The van der Waals surface area contributed by atoms with E-state index < -0.39 is 11.4 Å². The van der Waals surface area contributed by atoms with Gasteiger partial charge in [-0.1, -0.05) is 259 Å². The van der Waals surface area contributed by atoms with E-state index in [0.717, 1.165) is 0 Å². The Morgan fingerprint density at radius 1 is 0.322 bits per heavy atom. The maximum Gasteiger partial charge on any atom is 2.00 e. The molecule has 0 aromatic rings. The molecule has 0 N–H and O–H groups in total. The van der Waals surface area contributed by atoms with Crippen LogP contribution in [0.4, 0.5) is 0 Å². The zero-order chi connectivity index (χ0) is 43.6. The second kappa shape index (κ2) is 48.4. The zero-order valence-corrected chi connectivity index (χ0v) is 48.7. The minimum atomic E-state index is -2.50. The average molecular weight is 997 g/mol. The van der Waals surface area contributed by atoms with Crippen molar-refractivity contribution in [2.45, 2.75) is 261 Å². The molecule has 0 heterocycles. The van der Waals surface area contributed by atoms with Crippen molar-refractivity contribution in [3.8, 4) is 0 Å². The molecule has 4 nitrogen and oxygen atoms in total. The van der Waals surface area contributed by atoms with Gasteiger partial charge in [-0.2, -0.15) is 0 Å². The van der Waals surface area contributed by atoms with Crippen molar-refractivity contribution >= 4 is 59.5 Å². The van der Waals surface area contributed by atoms with Gasteiger partial charge in [0.2, 0.25) is 0 Å². The van der Waals surface area contributed by atoms with Crippen LogP contribution in [0.2, 0.25) is 0 Å². The van der Waals surface area contributed by atoms with Crippen LogP contribution >= 0.6 is 11.4 Å². The number of hydrogen-bond acceptors (Lipinski definition) is 8. The molecule has 352 valence electrons. The first kappa shape index (κ1) is 65.7. The quantitative estimate of drug-likeness (QED) is 0.0259. The van der Waals surface area contributed by atoms with Gasteiger partial charge in [0.1, 0.15) is 0 Å². The first-order valence-electron chi connectivity index (χ1n) is 25.0. The summed E-state index contributed by atoms with van der Waals surface area (Å²) in [6.07, 6.45) is 42.7. The molecule has 59 heavy (non-hydrogen) atoms. The van der Waals surface area contributed by atoms with Gasteiger partial charge in [0, 0.05) is 0 Å². The summed E-state index contributed by atoms with van der Waals surface area (Å²) in [6, 6.07) is 0. The van der Waals surface area contributed by atoms with Crippen LogP contribution in [0, 0.1) is 23.7 Å². The molecule has 0 fully saturated rings. The smallest absolute Gasteiger partial charge is 0.691 e. The van der Waals surface area contributed by atoms with Crippen LogP contribution in [-0.2, 0) is 85.7 Å². The molecule has 0 rings (SSSR count). The molecule has 0 spiro atoms. The van der Waals surface area contributed by atoms with Gasteiger partial charge in [-0.25, -0.2) is 0 Å². The van der Waals surface area contributed by atoms with Crippen molar-refractivity contribution in [3.05, 3.63) is 0 Å². The van der Waals surface area contributed by atoms with Crippen LogP contribution in [0.5, 0.6) is 0 Å². The second-order valence-electron chi connectivity index (χ2n) is 18.1. The topological polar surface area (TPSA) is 36.9 Å². The molecule has 0 saturated heterocycles. The number of hydrogen-bond donors (Lipinski definition) is 0. The first-order chi connectivity index (χ1) is 27.8. The standard InChI is InChI=1S/2C24H51O2PS2.Zn/c2*1-5-7-9-11-13-15-17-19-23(3)21-25-27(28,29)26-22-24(4)20-18-16-14-12-10-8-6-2;/h2*23-24H,5-22H2,1-4H3,(H,28,29);/q;;+2/p-2. The van der Waals surface area contributed by atoms with Crippen molar-refractivity contribution in [1.29, 1.82) is 0 Å². The Bertz CT molecular complexity index is 801. The van der Waals surface area contributed by atoms with Crippen LogP contribution in [0.1, 0.15) is 261 Å². The van der Waals surface area contributed by atoms with Gasteiger partial charge in [-0.15, -0.1) is 0 Å². The van der Waals surface area contributed by atoms with Crippen LogP contribution in [0.3, 0.4) is 0 Å². The predicted octanol–water partition coefficient (Wildman–Crippen LogP) is 18.7.